The lowest BCUT2D eigenvalue weighted by Crippen LogP contribution is -2.41. The molecular formula is C9H19NO. The molecule has 1 aliphatic rings. The van der Waals surface area contributed by atoms with Crippen LogP contribution in [-0.4, -0.2) is 17.8 Å². The third-order valence-corrected chi connectivity index (χ3v) is 3.40. The van der Waals surface area contributed by atoms with Crippen LogP contribution in [0.2, 0.25) is 0 Å². The average Bonchev–Trinajstić information content (AvgIpc) is 2.66. The Kier molecular flexibility index (Phi) is 2.01. The van der Waals surface area contributed by atoms with Gasteiger partial charge in [-0.15, -0.1) is 0 Å². The zero-order chi connectivity index (χ0) is 8.70. The minimum Gasteiger partial charge on any atom is -0.396 e. The summed E-state index contributed by atoms with van der Waals surface area (Å²) in [4.78, 5) is 0. The van der Waals surface area contributed by atoms with Crippen molar-refractivity contribution in [3.8, 4) is 0 Å². The highest BCUT2D eigenvalue weighted by Gasteiger charge is 2.56. The highest BCUT2D eigenvalue weighted by atomic mass is 16.3. The summed E-state index contributed by atoms with van der Waals surface area (Å²) in [5.74, 6) is 0. The fourth-order valence-corrected chi connectivity index (χ4v) is 2.04. The van der Waals surface area contributed by atoms with Gasteiger partial charge in [-0.3, -0.25) is 0 Å². The molecule has 1 fully saturated rings. The van der Waals surface area contributed by atoms with Crippen LogP contribution in [0.5, 0.6) is 0 Å². The molecule has 0 aromatic rings. The number of aliphatic hydroxyl groups excluding tert-OH is 1. The zero-order valence-corrected chi connectivity index (χ0v) is 7.72. The van der Waals surface area contributed by atoms with E-state index in [0.717, 1.165) is 0 Å². The van der Waals surface area contributed by atoms with Crippen LogP contribution in [0.25, 0.3) is 0 Å². The van der Waals surface area contributed by atoms with Crippen molar-refractivity contribution in [2.45, 2.75) is 39.7 Å². The van der Waals surface area contributed by atoms with Gasteiger partial charge in [-0.05, 0) is 30.6 Å². The first-order valence-electron chi connectivity index (χ1n) is 4.33. The average molecular weight is 157 g/mol. The third-order valence-electron chi connectivity index (χ3n) is 3.40. The van der Waals surface area contributed by atoms with Gasteiger partial charge in [0.2, 0.25) is 0 Å². The summed E-state index contributed by atoms with van der Waals surface area (Å²) < 4.78 is 0. The van der Waals surface area contributed by atoms with Gasteiger partial charge in [0.15, 0.2) is 0 Å². The quantitative estimate of drug-likeness (QED) is 0.645. The summed E-state index contributed by atoms with van der Waals surface area (Å²) in [5.41, 5.74) is 6.11. The van der Waals surface area contributed by atoms with Crippen LogP contribution in [-0.2, 0) is 0 Å². The molecule has 0 radical (unpaired) electrons. The molecule has 3 N–H and O–H groups in total. The first-order valence-corrected chi connectivity index (χ1v) is 4.33. The maximum atomic E-state index is 9.16. The molecule has 11 heavy (non-hydrogen) atoms. The van der Waals surface area contributed by atoms with Crippen LogP contribution in [0.4, 0.5) is 0 Å². The molecule has 1 aliphatic carbocycles. The number of hydrogen-bond acceptors (Lipinski definition) is 2. The van der Waals surface area contributed by atoms with E-state index >= 15 is 0 Å². The number of nitrogens with two attached hydrogens (primary N) is 1. The van der Waals surface area contributed by atoms with Gasteiger partial charge in [0.1, 0.15) is 0 Å². The van der Waals surface area contributed by atoms with E-state index in [1.54, 1.807) is 0 Å². The fraction of sp³-hybridized carbons (Fsp3) is 1.00. The number of aliphatic hydroxyl groups is 1. The summed E-state index contributed by atoms with van der Waals surface area (Å²) in [6, 6.07) is 0.213. The predicted octanol–water partition coefficient (Wildman–Crippen LogP) is 1.13. The molecule has 1 saturated carbocycles. The first kappa shape index (κ1) is 9.01. The molecule has 2 heteroatoms. The molecule has 0 saturated heterocycles. The molecule has 0 aliphatic heterocycles. The molecule has 0 amide bonds. The summed E-state index contributed by atoms with van der Waals surface area (Å²) in [7, 11) is 0. The standard InChI is InChI=1S/C9H19NO/c1-7(10)9(4-5-9)8(2,3)6-11/h7,11H,4-6,10H2,1-3H3. The van der Waals surface area contributed by atoms with Gasteiger partial charge in [-0.2, -0.15) is 0 Å². The Hall–Kier alpha value is -0.0800. The van der Waals surface area contributed by atoms with Gasteiger partial charge in [0.25, 0.3) is 0 Å². The minimum absolute atomic E-state index is 0.00116. The molecule has 0 aromatic carbocycles. The Labute approximate surface area is 68.8 Å². The molecule has 1 rings (SSSR count). The topological polar surface area (TPSA) is 46.2 Å². The van der Waals surface area contributed by atoms with Gasteiger partial charge in [-0.1, -0.05) is 13.8 Å². The van der Waals surface area contributed by atoms with E-state index in [4.69, 9.17) is 10.8 Å². The number of rotatable bonds is 3. The van der Waals surface area contributed by atoms with E-state index in [0.29, 0.717) is 0 Å². The van der Waals surface area contributed by atoms with Crippen molar-refractivity contribution in [1.82, 2.24) is 0 Å². The lowest BCUT2D eigenvalue weighted by atomic mass is 9.73. The van der Waals surface area contributed by atoms with Crippen LogP contribution in [0, 0.1) is 10.8 Å². The van der Waals surface area contributed by atoms with Crippen molar-refractivity contribution in [3.63, 3.8) is 0 Å². The molecular weight excluding hydrogens is 138 g/mol. The molecule has 0 bridgehead atoms. The first-order chi connectivity index (χ1) is 4.96. The Morgan fingerprint density at radius 3 is 2.09 bits per heavy atom. The Bertz CT molecular complexity index is 148. The lowest BCUT2D eigenvalue weighted by Gasteiger charge is -2.35. The van der Waals surface area contributed by atoms with Crippen molar-refractivity contribution in [1.29, 1.82) is 0 Å². The van der Waals surface area contributed by atoms with Gasteiger partial charge >= 0.3 is 0 Å². The summed E-state index contributed by atoms with van der Waals surface area (Å²) in [6.45, 7) is 6.49. The van der Waals surface area contributed by atoms with Gasteiger partial charge in [0.05, 0.1) is 0 Å². The molecule has 66 valence electrons. The molecule has 1 unspecified atom stereocenters. The minimum atomic E-state index is 0.00116. The summed E-state index contributed by atoms with van der Waals surface area (Å²) in [5, 5.41) is 9.16. The van der Waals surface area contributed by atoms with Crippen LogP contribution in [0.15, 0.2) is 0 Å². The second-order valence-electron chi connectivity index (χ2n) is 4.49. The van der Waals surface area contributed by atoms with E-state index in [9.17, 15) is 0 Å². The molecule has 0 spiro atoms. The highest BCUT2D eigenvalue weighted by Crippen LogP contribution is 2.59. The fourth-order valence-electron chi connectivity index (χ4n) is 2.04. The van der Waals surface area contributed by atoms with Crippen LogP contribution in [0.1, 0.15) is 33.6 Å². The number of hydrogen-bond donors (Lipinski definition) is 2. The normalized spacial score (nSPS) is 24.8. The maximum Gasteiger partial charge on any atom is 0.0488 e. The molecule has 1 atom stereocenters. The SMILES string of the molecule is CC(N)C1(C(C)(C)CO)CC1. The Balaban J connectivity index is 2.72. The van der Waals surface area contributed by atoms with Crippen LogP contribution < -0.4 is 5.73 Å². The molecule has 0 heterocycles. The van der Waals surface area contributed by atoms with Crippen molar-refractivity contribution in [2.24, 2.45) is 16.6 Å². The summed E-state index contributed by atoms with van der Waals surface area (Å²) in [6.07, 6.45) is 2.36. The smallest absolute Gasteiger partial charge is 0.0488 e. The van der Waals surface area contributed by atoms with Crippen molar-refractivity contribution < 1.29 is 5.11 Å². The van der Waals surface area contributed by atoms with Crippen LogP contribution in [0.3, 0.4) is 0 Å². The monoisotopic (exact) mass is 157 g/mol. The van der Waals surface area contributed by atoms with E-state index in [-0.39, 0.29) is 23.5 Å². The van der Waals surface area contributed by atoms with E-state index in [1.807, 2.05) is 6.92 Å². The largest absolute Gasteiger partial charge is 0.396 e. The second kappa shape index (κ2) is 2.46. The molecule has 2 nitrogen and oxygen atoms in total. The van der Waals surface area contributed by atoms with Crippen molar-refractivity contribution in [3.05, 3.63) is 0 Å². The maximum absolute atomic E-state index is 9.16. The van der Waals surface area contributed by atoms with E-state index < -0.39 is 0 Å². The van der Waals surface area contributed by atoms with E-state index in [2.05, 4.69) is 13.8 Å². The van der Waals surface area contributed by atoms with Crippen molar-refractivity contribution in [2.75, 3.05) is 6.61 Å². The Morgan fingerprint density at radius 1 is 1.55 bits per heavy atom. The van der Waals surface area contributed by atoms with Gasteiger partial charge in [-0.25, -0.2) is 0 Å². The molecule has 0 aromatic heterocycles. The van der Waals surface area contributed by atoms with Gasteiger partial charge < -0.3 is 10.8 Å². The third kappa shape index (κ3) is 1.18. The summed E-state index contributed by atoms with van der Waals surface area (Å²) >= 11 is 0. The second-order valence-corrected chi connectivity index (χ2v) is 4.49. The van der Waals surface area contributed by atoms with E-state index in [1.165, 1.54) is 12.8 Å². The van der Waals surface area contributed by atoms with Crippen molar-refractivity contribution >= 4 is 0 Å². The lowest BCUT2D eigenvalue weighted by molar-refractivity contribution is 0.0674. The van der Waals surface area contributed by atoms with Crippen LogP contribution >= 0.6 is 0 Å². The highest BCUT2D eigenvalue weighted by molar-refractivity contribution is 5.07. The zero-order valence-electron chi connectivity index (χ0n) is 7.72. The van der Waals surface area contributed by atoms with Gasteiger partial charge in [0, 0.05) is 12.6 Å². The Morgan fingerprint density at radius 2 is 2.00 bits per heavy atom. The predicted molar refractivity (Wildman–Crippen MR) is 46.2 cm³/mol.